The average molecular weight is 596 g/mol. The van der Waals surface area contributed by atoms with Crippen molar-refractivity contribution < 1.29 is 37.8 Å². The molecule has 11 nitrogen and oxygen atoms in total. The van der Waals surface area contributed by atoms with E-state index in [-0.39, 0.29) is 24.0 Å². The molecule has 0 saturated heterocycles. The molecule has 2 amide bonds. The van der Waals surface area contributed by atoms with E-state index in [1.807, 2.05) is 33.9 Å². The maximum Gasteiger partial charge on any atom is 0.337 e. The van der Waals surface area contributed by atoms with Gasteiger partial charge in [0.25, 0.3) is 0 Å². The average Bonchev–Trinajstić information content (AvgIpc) is 2.86. The van der Waals surface area contributed by atoms with Gasteiger partial charge in [-0.15, -0.1) is 0 Å². The molecule has 0 fully saturated rings. The van der Waals surface area contributed by atoms with E-state index in [2.05, 4.69) is 36.7 Å². The Morgan fingerprint density at radius 1 is 1.05 bits per heavy atom. The van der Waals surface area contributed by atoms with Crippen LogP contribution in [0.2, 0.25) is 18.1 Å². The lowest BCUT2D eigenvalue weighted by Crippen LogP contribution is -2.59. The van der Waals surface area contributed by atoms with Crippen LogP contribution in [0.1, 0.15) is 59.9 Å². The fourth-order valence-electron chi connectivity index (χ4n) is 3.50. The number of esters is 1. The maximum atomic E-state index is 13.0. The van der Waals surface area contributed by atoms with Crippen molar-refractivity contribution in [2.75, 3.05) is 25.5 Å². The van der Waals surface area contributed by atoms with Crippen LogP contribution in [-0.2, 0) is 44.4 Å². The third-order valence-electron chi connectivity index (χ3n) is 6.59. The van der Waals surface area contributed by atoms with Gasteiger partial charge in [0.1, 0.15) is 18.6 Å². The normalized spacial score (nSPS) is 14.5. The molecule has 12 heteroatoms. The number of aldehydes is 1. The predicted octanol–water partition coefficient (Wildman–Crippen LogP) is 3.53. The zero-order valence-electron chi connectivity index (χ0n) is 26.0. The Kier molecular flexibility index (Phi) is 14.8. The fraction of sp³-hybridized carbons (Fsp3) is 0.655. The van der Waals surface area contributed by atoms with Gasteiger partial charge in [-0.2, -0.15) is 0 Å². The highest BCUT2D eigenvalue weighted by molar-refractivity contribution is 6.74. The van der Waals surface area contributed by atoms with E-state index < -0.39 is 38.3 Å². The summed E-state index contributed by atoms with van der Waals surface area (Å²) in [6.07, 6.45) is -1.27. The Bertz CT molecular complexity index is 991. The molecule has 0 saturated carbocycles. The summed E-state index contributed by atoms with van der Waals surface area (Å²) in [7, 11) is -1.17. The molecule has 3 atom stereocenters. The van der Waals surface area contributed by atoms with Crippen molar-refractivity contribution >= 4 is 38.6 Å². The molecule has 0 bridgehead atoms. The minimum Gasteiger partial charge on any atom is -0.467 e. The van der Waals surface area contributed by atoms with Crippen LogP contribution in [0.3, 0.4) is 0 Å². The molecule has 0 aromatic heterocycles. The first-order valence-electron chi connectivity index (χ1n) is 13.8. The number of ether oxygens (including phenoxy) is 3. The van der Waals surface area contributed by atoms with Crippen LogP contribution in [0.15, 0.2) is 24.3 Å². The second kappa shape index (κ2) is 16.7. The molecular formula is C29H49N3O8Si. The summed E-state index contributed by atoms with van der Waals surface area (Å²) < 4.78 is 24.0. The van der Waals surface area contributed by atoms with Gasteiger partial charge in [0.15, 0.2) is 14.4 Å². The minimum absolute atomic E-state index is 0.00533. The Balaban J connectivity index is 3.16. The van der Waals surface area contributed by atoms with Crippen molar-refractivity contribution in [1.82, 2.24) is 10.6 Å². The highest BCUT2D eigenvalue weighted by Gasteiger charge is 2.46. The highest BCUT2D eigenvalue weighted by Crippen LogP contribution is 2.38. The van der Waals surface area contributed by atoms with Gasteiger partial charge in [0, 0.05) is 31.6 Å². The lowest BCUT2D eigenvalue weighted by Gasteiger charge is -2.43. The molecule has 3 unspecified atom stereocenters. The third kappa shape index (κ3) is 13.3. The van der Waals surface area contributed by atoms with Gasteiger partial charge in [0.2, 0.25) is 12.3 Å². The second-order valence-corrected chi connectivity index (χ2v) is 17.0. The number of carbonyl (C=O) groups excluding carboxylic acids is 4. The van der Waals surface area contributed by atoms with E-state index in [0.717, 1.165) is 6.29 Å². The SMILES string of the molecule is COC(=O)C(OCc1cccc(NC(=O)CCNCCC=O)c1)C(OC(C)(C)C)C(NC=O)O[Si](C)(C)C(C)(C)C. The van der Waals surface area contributed by atoms with Gasteiger partial charge in [-0.05, 0) is 56.6 Å². The van der Waals surface area contributed by atoms with E-state index >= 15 is 0 Å². The number of methoxy groups -OCH3 is 1. The van der Waals surface area contributed by atoms with E-state index in [9.17, 15) is 19.2 Å². The number of carbonyl (C=O) groups is 4. The Morgan fingerprint density at radius 2 is 1.73 bits per heavy atom. The standard InChI is InChI=1S/C29H49N3O8Si/c1-28(2,3)39-24(26(31-20-34)40-41(8,9)29(4,5)6)25(27(36)37-7)38-19-21-12-10-13-22(18-21)32-23(35)14-16-30-15-11-17-33/h10,12-13,17-18,20,24-26,30H,11,14-16,19H2,1-9H3,(H,31,34)(H,32,35). The smallest absolute Gasteiger partial charge is 0.337 e. The quantitative estimate of drug-likeness (QED) is 0.0764. The zero-order valence-corrected chi connectivity index (χ0v) is 27.0. The van der Waals surface area contributed by atoms with Crippen LogP contribution >= 0.6 is 0 Å². The highest BCUT2D eigenvalue weighted by atomic mass is 28.4. The number of hydrogen-bond donors (Lipinski definition) is 3. The number of rotatable bonds is 18. The summed E-state index contributed by atoms with van der Waals surface area (Å²) in [5.41, 5.74) is 0.551. The number of anilines is 1. The van der Waals surface area contributed by atoms with Gasteiger partial charge in [0.05, 0.1) is 19.3 Å². The predicted molar refractivity (Wildman–Crippen MR) is 160 cm³/mol. The van der Waals surface area contributed by atoms with Gasteiger partial charge < -0.3 is 39.4 Å². The van der Waals surface area contributed by atoms with Crippen molar-refractivity contribution in [1.29, 1.82) is 0 Å². The molecular weight excluding hydrogens is 546 g/mol. The second-order valence-electron chi connectivity index (χ2n) is 12.2. The summed E-state index contributed by atoms with van der Waals surface area (Å²) in [5.74, 6) is -0.861. The summed E-state index contributed by atoms with van der Waals surface area (Å²) in [5, 5.41) is 8.39. The first kappa shape index (κ1) is 36.4. The first-order chi connectivity index (χ1) is 19.0. The zero-order chi connectivity index (χ0) is 31.3. The Hall–Kier alpha value is -2.64. The van der Waals surface area contributed by atoms with E-state index in [1.165, 1.54) is 7.11 Å². The van der Waals surface area contributed by atoms with Crippen molar-refractivity contribution in [3.63, 3.8) is 0 Å². The molecule has 0 aliphatic carbocycles. The summed E-state index contributed by atoms with van der Waals surface area (Å²) in [6, 6.07) is 7.07. The molecule has 232 valence electrons. The van der Waals surface area contributed by atoms with Crippen LogP contribution in [0, 0.1) is 0 Å². The molecule has 1 aromatic carbocycles. The molecule has 1 aromatic rings. The molecule has 0 aliphatic rings. The van der Waals surface area contributed by atoms with Crippen molar-refractivity contribution in [3.8, 4) is 0 Å². The van der Waals surface area contributed by atoms with Gasteiger partial charge >= 0.3 is 5.97 Å². The van der Waals surface area contributed by atoms with Gasteiger partial charge in [-0.25, -0.2) is 4.79 Å². The molecule has 0 aliphatic heterocycles. The van der Waals surface area contributed by atoms with Gasteiger partial charge in [-0.1, -0.05) is 32.9 Å². The molecule has 0 heterocycles. The van der Waals surface area contributed by atoms with Gasteiger partial charge in [-0.3, -0.25) is 9.59 Å². The molecule has 0 radical (unpaired) electrons. The third-order valence-corrected chi connectivity index (χ3v) is 11.0. The first-order valence-corrected chi connectivity index (χ1v) is 16.7. The lowest BCUT2D eigenvalue weighted by molar-refractivity contribution is -0.195. The Labute approximate surface area is 245 Å². The van der Waals surface area contributed by atoms with Crippen LogP contribution < -0.4 is 16.0 Å². The van der Waals surface area contributed by atoms with E-state index in [0.29, 0.717) is 37.2 Å². The monoisotopic (exact) mass is 595 g/mol. The number of nitrogens with one attached hydrogen (secondary N) is 3. The van der Waals surface area contributed by atoms with Crippen molar-refractivity contribution in [2.24, 2.45) is 0 Å². The van der Waals surface area contributed by atoms with Crippen molar-refractivity contribution in [3.05, 3.63) is 29.8 Å². The number of hydrogen-bond acceptors (Lipinski definition) is 9. The van der Waals surface area contributed by atoms with Crippen LogP contribution in [0.4, 0.5) is 5.69 Å². The summed E-state index contributed by atoms with van der Waals surface area (Å²) >= 11 is 0. The molecule has 3 N–H and O–H groups in total. The molecule has 0 spiro atoms. The van der Waals surface area contributed by atoms with Crippen LogP contribution in [0.5, 0.6) is 0 Å². The number of benzene rings is 1. The number of amides is 2. The van der Waals surface area contributed by atoms with E-state index in [4.69, 9.17) is 18.6 Å². The van der Waals surface area contributed by atoms with Crippen LogP contribution in [0.25, 0.3) is 0 Å². The lowest BCUT2D eigenvalue weighted by atomic mass is 10.1. The Morgan fingerprint density at radius 3 is 2.29 bits per heavy atom. The largest absolute Gasteiger partial charge is 0.467 e. The maximum absolute atomic E-state index is 13.0. The summed E-state index contributed by atoms with van der Waals surface area (Å²) in [4.78, 5) is 47.4. The summed E-state index contributed by atoms with van der Waals surface area (Å²) in [6.45, 7) is 16.8. The topological polar surface area (TPSA) is 141 Å². The minimum atomic E-state index is -2.43. The van der Waals surface area contributed by atoms with E-state index in [1.54, 1.807) is 24.3 Å². The van der Waals surface area contributed by atoms with Crippen LogP contribution in [-0.4, -0.2) is 77.1 Å². The fourth-order valence-corrected chi connectivity index (χ4v) is 4.69. The molecule has 41 heavy (non-hydrogen) atoms. The van der Waals surface area contributed by atoms with Crippen molar-refractivity contribution in [2.45, 2.75) is 103 Å². The molecule has 1 rings (SSSR count).